The minimum Gasteiger partial charge on any atom is -0.292 e. The van der Waals surface area contributed by atoms with E-state index in [0.717, 1.165) is 12.0 Å². The Morgan fingerprint density at radius 3 is 3.07 bits per heavy atom. The molecule has 1 aliphatic carbocycles. The number of ketones is 1. The molecule has 0 unspecified atom stereocenters. The molecule has 1 aliphatic rings. The molecular weight excluding hydrogens is 174 g/mol. The zero-order valence-corrected chi connectivity index (χ0v) is 8.50. The van der Waals surface area contributed by atoms with Crippen molar-refractivity contribution >= 4 is 11.4 Å². The summed E-state index contributed by atoms with van der Waals surface area (Å²) >= 11 is 0. The molecule has 2 heteroatoms. The number of carbonyl (C=O) groups excluding carboxylic acids is 1. The van der Waals surface area contributed by atoms with Crippen LogP contribution in [-0.2, 0) is 6.42 Å². The number of fused-ring (bicyclic) bond motifs is 1. The summed E-state index contributed by atoms with van der Waals surface area (Å²) in [6.45, 7) is 3.95. The van der Waals surface area contributed by atoms with Gasteiger partial charge in [-0.15, -0.1) is 0 Å². The van der Waals surface area contributed by atoms with Gasteiger partial charge in [-0.3, -0.25) is 9.78 Å². The number of hydrogen-bond acceptors (Lipinski definition) is 2. The molecule has 0 bridgehead atoms. The largest absolute Gasteiger partial charge is 0.292 e. The third-order valence-electron chi connectivity index (χ3n) is 2.68. The van der Waals surface area contributed by atoms with Crippen molar-refractivity contribution in [2.75, 3.05) is 0 Å². The highest BCUT2D eigenvalue weighted by molar-refractivity contribution is 5.97. The van der Waals surface area contributed by atoms with E-state index in [1.54, 1.807) is 6.20 Å². The number of aromatic nitrogens is 1. The van der Waals surface area contributed by atoms with Crippen molar-refractivity contribution in [2.24, 2.45) is 0 Å². The molecule has 0 amide bonds. The van der Waals surface area contributed by atoms with E-state index < -0.39 is 0 Å². The molecule has 2 rings (SSSR count). The van der Waals surface area contributed by atoms with Crippen LogP contribution in [0.5, 0.6) is 0 Å². The molecule has 0 saturated carbocycles. The van der Waals surface area contributed by atoms with E-state index in [1.165, 1.54) is 11.1 Å². The average molecular weight is 187 g/mol. The second kappa shape index (κ2) is 3.37. The summed E-state index contributed by atoms with van der Waals surface area (Å²) in [5.41, 5.74) is 4.22. The molecule has 1 aromatic heterocycles. The Bertz CT molecular complexity index is 418. The molecule has 1 aromatic rings. The van der Waals surface area contributed by atoms with E-state index in [1.807, 2.05) is 13.0 Å². The molecule has 0 spiro atoms. The Morgan fingerprint density at radius 2 is 2.36 bits per heavy atom. The maximum atomic E-state index is 11.6. The van der Waals surface area contributed by atoms with Crippen molar-refractivity contribution in [3.8, 4) is 0 Å². The first kappa shape index (κ1) is 9.13. The molecule has 0 N–H and O–H groups in total. The number of allylic oxidation sites excluding steroid dienone is 2. The summed E-state index contributed by atoms with van der Waals surface area (Å²) < 4.78 is 0. The van der Waals surface area contributed by atoms with E-state index in [4.69, 9.17) is 0 Å². The zero-order valence-electron chi connectivity index (χ0n) is 8.50. The first-order valence-corrected chi connectivity index (χ1v) is 4.92. The van der Waals surface area contributed by atoms with Crippen LogP contribution in [0.15, 0.2) is 18.3 Å². The van der Waals surface area contributed by atoms with Crippen molar-refractivity contribution in [1.82, 2.24) is 4.98 Å². The maximum Gasteiger partial charge on any atom is 0.181 e. The number of nitrogens with zero attached hydrogens (tertiary/aromatic N) is 1. The Balaban J connectivity index is 2.52. The molecule has 0 saturated heterocycles. The number of hydrogen-bond donors (Lipinski definition) is 0. The van der Waals surface area contributed by atoms with Gasteiger partial charge in [0, 0.05) is 12.6 Å². The lowest BCUT2D eigenvalue weighted by Gasteiger charge is -2.05. The van der Waals surface area contributed by atoms with Gasteiger partial charge in [-0.05, 0) is 36.1 Å². The molecule has 1 heterocycles. The van der Waals surface area contributed by atoms with E-state index in [-0.39, 0.29) is 5.78 Å². The monoisotopic (exact) mass is 187 g/mol. The van der Waals surface area contributed by atoms with Crippen LogP contribution in [0.3, 0.4) is 0 Å². The van der Waals surface area contributed by atoms with Gasteiger partial charge in [0.25, 0.3) is 0 Å². The Labute approximate surface area is 83.7 Å². The summed E-state index contributed by atoms with van der Waals surface area (Å²) in [5.74, 6) is 0.143. The smallest absolute Gasteiger partial charge is 0.181 e. The molecule has 0 atom stereocenters. The summed E-state index contributed by atoms with van der Waals surface area (Å²) in [7, 11) is 0. The highest BCUT2D eigenvalue weighted by Crippen LogP contribution is 2.28. The summed E-state index contributed by atoms with van der Waals surface area (Å²) in [6, 6.07) is 1.99. The minimum absolute atomic E-state index is 0.143. The fourth-order valence-electron chi connectivity index (χ4n) is 1.84. The lowest BCUT2D eigenvalue weighted by Crippen LogP contribution is -2.05. The summed E-state index contributed by atoms with van der Waals surface area (Å²) in [4.78, 5) is 15.8. The second-order valence-electron chi connectivity index (χ2n) is 3.55. The molecule has 0 aromatic carbocycles. The van der Waals surface area contributed by atoms with Crippen LogP contribution in [-0.4, -0.2) is 10.8 Å². The van der Waals surface area contributed by atoms with Gasteiger partial charge in [0.05, 0.1) is 0 Å². The molecule has 72 valence electrons. The first-order valence-electron chi connectivity index (χ1n) is 4.92. The quantitative estimate of drug-likeness (QED) is 0.666. The second-order valence-corrected chi connectivity index (χ2v) is 3.55. The number of rotatable bonds is 2. The van der Waals surface area contributed by atoms with Gasteiger partial charge in [0.2, 0.25) is 0 Å². The fraction of sp³-hybridized carbons (Fsp3) is 0.333. The summed E-state index contributed by atoms with van der Waals surface area (Å²) in [6.07, 6.45) is 5.27. The van der Waals surface area contributed by atoms with Gasteiger partial charge in [-0.1, -0.05) is 13.0 Å². The lowest BCUT2D eigenvalue weighted by atomic mass is 10.0. The fourth-order valence-corrected chi connectivity index (χ4v) is 1.84. The van der Waals surface area contributed by atoms with Crippen LogP contribution in [0.4, 0.5) is 0 Å². The lowest BCUT2D eigenvalue weighted by molar-refractivity contribution is 0.0982. The normalized spacial score (nSPS) is 13.7. The van der Waals surface area contributed by atoms with Crippen LogP contribution < -0.4 is 0 Å². The van der Waals surface area contributed by atoms with Crippen LogP contribution in [0.1, 0.15) is 41.9 Å². The molecule has 2 nitrogen and oxygen atoms in total. The van der Waals surface area contributed by atoms with Gasteiger partial charge in [0.15, 0.2) is 5.78 Å². The van der Waals surface area contributed by atoms with E-state index in [0.29, 0.717) is 12.1 Å². The third-order valence-corrected chi connectivity index (χ3v) is 2.68. The predicted molar refractivity (Wildman–Crippen MR) is 56.2 cm³/mol. The Morgan fingerprint density at radius 1 is 1.57 bits per heavy atom. The predicted octanol–water partition coefficient (Wildman–Crippen LogP) is 2.63. The van der Waals surface area contributed by atoms with Crippen molar-refractivity contribution < 1.29 is 4.79 Å². The van der Waals surface area contributed by atoms with Crippen LogP contribution in [0, 0.1) is 0 Å². The SMILES string of the molecule is CCC(=O)c1nccc2c1CC=C2C. The van der Waals surface area contributed by atoms with Crippen molar-refractivity contribution in [3.63, 3.8) is 0 Å². The van der Waals surface area contributed by atoms with Gasteiger partial charge in [-0.25, -0.2) is 0 Å². The highest BCUT2D eigenvalue weighted by atomic mass is 16.1. The first-order chi connectivity index (χ1) is 6.74. The van der Waals surface area contributed by atoms with Crippen molar-refractivity contribution in [3.05, 3.63) is 35.2 Å². The van der Waals surface area contributed by atoms with Crippen LogP contribution >= 0.6 is 0 Å². The van der Waals surface area contributed by atoms with Gasteiger partial charge < -0.3 is 0 Å². The number of Topliss-reactive ketones (excluding diaryl/α,β-unsaturated/α-hetero) is 1. The van der Waals surface area contributed by atoms with Crippen molar-refractivity contribution in [2.45, 2.75) is 26.7 Å². The van der Waals surface area contributed by atoms with Gasteiger partial charge in [0.1, 0.15) is 5.69 Å². The molecule has 0 fully saturated rings. The molecule has 14 heavy (non-hydrogen) atoms. The van der Waals surface area contributed by atoms with Crippen LogP contribution in [0.25, 0.3) is 5.57 Å². The van der Waals surface area contributed by atoms with Gasteiger partial charge >= 0.3 is 0 Å². The topological polar surface area (TPSA) is 30.0 Å². The molecule has 0 radical (unpaired) electrons. The average Bonchev–Trinajstić information content (AvgIpc) is 2.59. The molecule has 0 aliphatic heterocycles. The highest BCUT2D eigenvalue weighted by Gasteiger charge is 2.18. The van der Waals surface area contributed by atoms with Crippen molar-refractivity contribution in [1.29, 1.82) is 0 Å². The standard InChI is InChI=1S/C12H13NO/c1-3-11(14)12-10-5-4-8(2)9(10)6-7-13-12/h4,6-7H,3,5H2,1-2H3. The summed E-state index contributed by atoms with van der Waals surface area (Å²) in [5, 5.41) is 0. The number of carbonyl (C=O) groups is 1. The minimum atomic E-state index is 0.143. The third kappa shape index (κ3) is 1.27. The van der Waals surface area contributed by atoms with Gasteiger partial charge in [-0.2, -0.15) is 0 Å². The Kier molecular flexibility index (Phi) is 2.20. The Hall–Kier alpha value is -1.44. The van der Waals surface area contributed by atoms with E-state index in [9.17, 15) is 4.79 Å². The van der Waals surface area contributed by atoms with Crippen LogP contribution in [0.2, 0.25) is 0 Å². The molecular formula is C12H13NO. The van der Waals surface area contributed by atoms with E-state index in [2.05, 4.69) is 18.0 Å². The maximum absolute atomic E-state index is 11.6. The van der Waals surface area contributed by atoms with E-state index >= 15 is 0 Å². The number of pyridine rings is 1. The zero-order chi connectivity index (χ0) is 10.1.